The molecule has 0 amide bonds. The number of allylic oxidation sites excluding steroid dienone is 1. The van der Waals surface area contributed by atoms with Crippen LogP contribution in [-0.4, -0.2) is 0 Å². The van der Waals surface area contributed by atoms with E-state index in [2.05, 4.69) is 24.3 Å². The Kier molecular flexibility index (Phi) is 2.22. The average Bonchev–Trinajstić information content (AvgIpc) is 2.77. The van der Waals surface area contributed by atoms with E-state index in [1.165, 1.54) is 11.1 Å². The van der Waals surface area contributed by atoms with E-state index in [-0.39, 0.29) is 0 Å². The van der Waals surface area contributed by atoms with Gasteiger partial charge >= 0.3 is 0 Å². The van der Waals surface area contributed by atoms with Crippen molar-refractivity contribution in [3.05, 3.63) is 65.7 Å². The summed E-state index contributed by atoms with van der Waals surface area (Å²) in [6, 6.07) is 16.1. The van der Waals surface area contributed by atoms with Crippen molar-refractivity contribution in [2.45, 2.75) is 6.42 Å². The third kappa shape index (κ3) is 1.72. The molecule has 0 unspecified atom stereocenters. The predicted molar refractivity (Wildman–Crippen MR) is 65.7 cm³/mol. The lowest BCUT2D eigenvalue weighted by Crippen LogP contribution is -1.86. The molecule has 1 nitrogen and oxygen atoms in total. The molecule has 1 heteroatoms. The highest BCUT2D eigenvalue weighted by atomic mass is 16.5. The zero-order chi connectivity index (χ0) is 10.8. The van der Waals surface area contributed by atoms with Crippen LogP contribution in [-0.2, 0) is 6.42 Å². The van der Waals surface area contributed by atoms with Crippen molar-refractivity contribution in [2.24, 2.45) is 0 Å². The predicted octanol–water partition coefficient (Wildman–Crippen LogP) is 4.05. The quantitative estimate of drug-likeness (QED) is 0.723. The van der Waals surface area contributed by atoms with E-state index in [0.717, 1.165) is 17.9 Å². The monoisotopic (exact) mass is 208 g/mol. The van der Waals surface area contributed by atoms with Crippen LogP contribution in [0.1, 0.15) is 11.1 Å². The third-order valence-electron chi connectivity index (χ3n) is 2.73. The van der Waals surface area contributed by atoms with Crippen molar-refractivity contribution >= 4 is 6.08 Å². The Labute approximate surface area is 95.0 Å². The van der Waals surface area contributed by atoms with E-state index in [9.17, 15) is 0 Å². The van der Waals surface area contributed by atoms with Crippen molar-refractivity contribution in [1.82, 2.24) is 0 Å². The maximum Gasteiger partial charge on any atom is 0.128 e. The summed E-state index contributed by atoms with van der Waals surface area (Å²) in [5, 5.41) is 0. The number of hydrogen-bond donors (Lipinski definition) is 0. The molecule has 0 radical (unpaired) electrons. The fourth-order valence-corrected chi connectivity index (χ4v) is 1.92. The second-order valence-corrected chi connectivity index (χ2v) is 3.88. The first-order valence-corrected chi connectivity index (χ1v) is 5.44. The van der Waals surface area contributed by atoms with Gasteiger partial charge in [0, 0.05) is 0 Å². The zero-order valence-electron chi connectivity index (χ0n) is 8.89. The molecule has 2 aromatic carbocycles. The van der Waals surface area contributed by atoms with E-state index in [1.807, 2.05) is 36.4 Å². The molecule has 0 saturated carbocycles. The van der Waals surface area contributed by atoms with Crippen LogP contribution in [0.25, 0.3) is 6.08 Å². The van der Waals surface area contributed by atoms with Crippen LogP contribution < -0.4 is 4.74 Å². The summed E-state index contributed by atoms with van der Waals surface area (Å²) in [5.41, 5.74) is 2.65. The number of hydrogen-bond acceptors (Lipinski definition) is 1. The summed E-state index contributed by atoms with van der Waals surface area (Å²) in [6.45, 7) is 0. The second kappa shape index (κ2) is 3.86. The lowest BCUT2D eigenvalue weighted by molar-refractivity contribution is 0.482. The standard InChI is InChI=1S/C15H12O/c1-2-7-14(8-3-1)16-15-10-9-12-5-4-6-13(12)11-15/h1-4,6-11H,5H2. The molecule has 0 saturated heterocycles. The van der Waals surface area contributed by atoms with Crippen LogP contribution in [0.2, 0.25) is 0 Å². The Morgan fingerprint density at radius 2 is 1.75 bits per heavy atom. The van der Waals surface area contributed by atoms with Gasteiger partial charge in [-0.2, -0.15) is 0 Å². The van der Waals surface area contributed by atoms with Crippen molar-refractivity contribution in [3.63, 3.8) is 0 Å². The highest BCUT2D eigenvalue weighted by Crippen LogP contribution is 2.27. The number of benzene rings is 2. The molecule has 3 rings (SSSR count). The van der Waals surface area contributed by atoms with Crippen molar-refractivity contribution < 1.29 is 4.74 Å². The topological polar surface area (TPSA) is 9.23 Å². The summed E-state index contributed by atoms with van der Waals surface area (Å²) in [7, 11) is 0. The van der Waals surface area contributed by atoms with Gasteiger partial charge < -0.3 is 4.74 Å². The van der Waals surface area contributed by atoms with E-state index in [0.29, 0.717) is 0 Å². The van der Waals surface area contributed by atoms with Crippen LogP contribution in [0.5, 0.6) is 11.5 Å². The fraction of sp³-hybridized carbons (Fsp3) is 0.0667. The number of fused-ring (bicyclic) bond motifs is 1. The Morgan fingerprint density at radius 3 is 2.62 bits per heavy atom. The molecule has 2 aromatic rings. The maximum atomic E-state index is 5.77. The molecule has 78 valence electrons. The number of para-hydroxylation sites is 1. The second-order valence-electron chi connectivity index (χ2n) is 3.88. The van der Waals surface area contributed by atoms with Gasteiger partial charge in [-0.3, -0.25) is 0 Å². The first-order chi connectivity index (χ1) is 7.92. The first kappa shape index (κ1) is 9.22. The van der Waals surface area contributed by atoms with Gasteiger partial charge in [-0.25, -0.2) is 0 Å². The normalized spacial score (nSPS) is 12.5. The Hall–Kier alpha value is -2.02. The molecule has 0 N–H and O–H groups in total. The van der Waals surface area contributed by atoms with Gasteiger partial charge in [0.05, 0.1) is 0 Å². The van der Waals surface area contributed by atoms with Gasteiger partial charge in [-0.05, 0) is 41.8 Å². The molecule has 0 bridgehead atoms. The molecule has 1 aliphatic carbocycles. The Bertz CT molecular complexity index is 526. The van der Waals surface area contributed by atoms with Gasteiger partial charge in [0.1, 0.15) is 11.5 Å². The van der Waals surface area contributed by atoms with Crippen molar-refractivity contribution in [2.75, 3.05) is 0 Å². The Balaban J connectivity index is 1.88. The summed E-state index contributed by atoms with van der Waals surface area (Å²) in [5.74, 6) is 1.78. The van der Waals surface area contributed by atoms with Crippen LogP contribution in [0, 0.1) is 0 Å². The molecule has 16 heavy (non-hydrogen) atoms. The molecule has 0 atom stereocenters. The molecular formula is C15H12O. The highest BCUT2D eigenvalue weighted by Gasteiger charge is 2.06. The van der Waals surface area contributed by atoms with Gasteiger partial charge in [0.25, 0.3) is 0 Å². The SMILES string of the molecule is C1=Cc2cc(Oc3ccccc3)ccc2C1. The molecule has 0 aromatic heterocycles. The Morgan fingerprint density at radius 1 is 0.875 bits per heavy atom. The van der Waals surface area contributed by atoms with E-state index < -0.39 is 0 Å². The van der Waals surface area contributed by atoms with Gasteiger partial charge in [-0.1, -0.05) is 36.4 Å². The summed E-state index contributed by atoms with van der Waals surface area (Å²) in [6.07, 6.45) is 5.37. The first-order valence-electron chi connectivity index (χ1n) is 5.44. The summed E-state index contributed by atoms with van der Waals surface area (Å²) >= 11 is 0. The van der Waals surface area contributed by atoms with E-state index in [4.69, 9.17) is 4.74 Å². The van der Waals surface area contributed by atoms with Gasteiger partial charge in [0.15, 0.2) is 0 Å². The largest absolute Gasteiger partial charge is 0.457 e. The van der Waals surface area contributed by atoms with Crippen LogP contribution in [0.4, 0.5) is 0 Å². The van der Waals surface area contributed by atoms with E-state index >= 15 is 0 Å². The van der Waals surface area contributed by atoms with Crippen LogP contribution >= 0.6 is 0 Å². The van der Waals surface area contributed by atoms with Crippen LogP contribution in [0.15, 0.2) is 54.6 Å². The van der Waals surface area contributed by atoms with E-state index in [1.54, 1.807) is 0 Å². The van der Waals surface area contributed by atoms with Crippen LogP contribution in [0.3, 0.4) is 0 Å². The zero-order valence-corrected chi connectivity index (χ0v) is 8.89. The molecule has 0 aliphatic heterocycles. The van der Waals surface area contributed by atoms with Crippen molar-refractivity contribution in [3.8, 4) is 11.5 Å². The molecule has 0 spiro atoms. The van der Waals surface area contributed by atoms with Crippen molar-refractivity contribution in [1.29, 1.82) is 0 Å². The minimum atomic E-state index is 0.879. The smallest absolute Gasteiger partial charge is 0.128 e. The number of ether oxygens (including phenoxy) is 1. The molecule has 1 aliphatic rings. The fourth-order valence-electron chi connectivity index (χ4n) is 1.92. The maximum absolute atomic E-state index is 5.77. The average molecular weight is 208 g/mol. The third-order valence-corrected chi connectivity index (χ3v) is 2.73. The van der Waals surface area contributed by atoms with Gasteiger partial charge in [0.2, 0.25) is 0 Å². The summed E-state index contributed by atoms with van der Waals surface area (Å²) < 4.78 is 5.77. The lowest BCUT2D eigenvalue weighted by atomic mass is 10.1. The molecular weight excluding hydrogens is 196 g/mol. The minimum absolute atomic E-state index is 0.879. The molecule has 0 heterocycles. The number of rotatable bonds is 2. The molecule has 0 fully saturated rings. The summed E-state index contributed by atoms with van der Waals surface area (Å²) in [4.78, 5) is 0. The highest BCUT2D eigenvalue weighted by molar-refractivity contribution is 5.61. The minimum Gasteiger partial charge on any atom is -0.457 e. The van der Waals surface area contributed by atoms with Gasteiger partial charge in [-0.15, -0.1) is 0 Å². The lowest BCUT2D eigenvalue weighted by Gasteiger charge is -2.07.